The molecule has 0 aliphatic carbocycles. The molecule has 0 saturated carbocycles. The van der Waals surface area contributed by atoms with Gasteiger partial charge in [-0.25, -0.2) is 18.7 Å². The van der Waals surface area contributed by atoms with Crippen LogP contribution >= 0.6 is 11.3 Å². The highest BCUT2D eigenvalue weighted by molar-refractivity contribution is 7.23. The molecule has 0 amide bonds. The number of rotatable bonds is 5. The first-order valence-corrected chi connectivity index (χ1v) is 14.7. The molecule has 0 bridgehead atoms. The Hall–Kier alpha value is -3.54. The lowest BCUT2D eigenvalue weighted by Gasteiger charge is -2.41. The number of pyridine rings is 1. The van der Waals surface area contributed by atoms with Crippen molar-refractivity contribution >= 4 is 43.3 Å². The van der Waals surface area contributed by atoms with Crippen LogP contribution in [-0.4, -0.2) is 90.3 Å². The summed E-state index contributed by atoms with van der Waals surface area (Å²) in [7, 11) is 3.87. The number of piperazine rings is 1. The lowest BCUT2D eigenvalue weighted by molar-refractivity contribution is 0.0260. The predicted octanol–water partition coefficient (Wildman–Crippen LogP) is 3.51. The van der Waals surface area contributed by atoms with Crippen LogP contribution in [0.15, 0.2) is 12.4 Å². The van der Waals surface area contributed by atoms with E-state index in [0.717, 1.165) is 62.2 Å². The van der Waals surface area contributed by atoms with Gasteiger partial charge in [0.05, 0.1) is 42.0 Å². The fourth-order valence-corrected chi connectivity index (χ4v) is 7.51. The molecule has 2 fully saturated rings. The Labute approximate surface area is 245 Å². The number of hydrogen-bond donors (Lipinski definition) is 1. The van der Waals surface area contributed by atoms with Crippen molar-refractivity contribution < 1.29 is 18.3 Å². The molecule has 218 valence electrons. The third-order valence-corrected chi connectivity index (χ3v) is 9.89. The van der Waals surface area contributed by atoms with Gasteiger partial charge in [0, 0.05) is 74.5 Å². The molecular weight excluding hydrogens is 562 g/mol. The molecule has 2 atom stereocenters. The van der Waals surface area contributed by atoms with Crippen molar-refractivity contribution in [3.8, 4) is 17.3 Å². The van der Waals surface area contributed by atoms with Gasteiger partial charge in [-0.2, -0.15) is 5.26 Å². The van der Waals surface area contributed by atoms with Crippen LogP contribution in [0.25, 0.3) is 32.2 Å². The molecule has 3 aromatic heterocycles. The molecule has 3 aliphatic rings. The largest absolute Gasteiger partial charge is 0.389 e. The van der Waals surface area contributed by atoms with Gasteiger partial charge in [-0.1, -0.05) is 0 Å². The molecule has 2 saturated heterocycles. The standard InChI is InChI=1S/C29H30F2N8O2S/c1-37-5-6-38(11-16(37)12-40-2)15-3-4-39(10-15)29-35-8-18-19-13-41-14-20(19)22(24(31)25(18)36-29)26-23-17(7-32)28(33)42-27(23)21(30)9-34-26/h8-9,15-16H,3-6,10-14,33H2,1-2H3/t15-,16+/m1/s1. The average molecular weight is 593 g/mol. The maximum absolute atomic E-state index is 16.6. The number of nitriles is 1. The Bertz CT molecular complexity index is 1760. The van der Waals surface area contributed by atoms with Gasteiger partial charge in [0.2, 0.25) is 5.95 Å². The zero-order valence-electron chi connectivity index (χ0n) is 23.4. The van der Waals surface area contributed by atoms with Crippen molar-refractivity contribution in [1.29, 1.82) is 5.26 Å². The summed E-state index contributed by atoms with van der Waals surface area (Å²) in [5, 5.41) is 10.8. The smallest absolute Gasteiger partial charge is 0.226 e. The van der Waals surface area contributed by atoms with E-state index in [9.17, 15) is 9.65 Å². The van der Waals surface area contributed by atoms with Gasteiger partial charge in [-0.3, -0.25) is 14.8 Å². The van der Waals surface area contributed by atoms with Gasteiger partial charge >= 0.3 is 0 Å². The summed E-state index contributed by atoms with van der Waals surface area (Å²) in [5.41, 5.74) is 8.01. The van der Waals surface area contributed by atoms with E-state index < -0.39 is 11.6 Å². The highest BCUT2D eigenvalue weighted by Crippen LogP contribution is 2.45. The molecule has 10 nitrogen and oxygen atoms in total. The number of hydrogen-bond acceptors (Lipinski definition) is 11. The average Bonchev–Trinajstić information content (AvgIpc) is 3.74. The fourth-order valence-electron chi connectivity index (χ4n) is 6.59. The molecule has 0 spiro atoms. The second-order valence-corrected chi connectivity index (χ2v) is 12.2. The van der Waals surface area contributed by atoms with E-state index in [2.05, 4.69) is 31.7 Å². The maximum Gasteiger partial charge on any atom is 0.226 e. The third-order valence-electron chi connectivity index (χ3n) is 8.86. The maximum atomic E-state index is 16.6. The monoisotopic (exact) mass is 592 g/mol. The summed E-state index contributed by atoms with van der Waals surface area (Å²) in [5.74, 6) is -0.738. The van der Waals surface area contributed by atoms with Gasteiger partial charge in [0.1, 0.15) is 16.6 Å². The number of thiophene rings is 1. The number of methoxy groups -OCH3 is 1. The number of nitrogens with two attached hydrogens (primary N) is 1. The van der Waals surface area contributed by atoms with Crippen molar-refractivity contribution in [2.75, 3.05) is 64.1 Å². The molecule has 1 aromatic carbocycles. The fraction of sp³-hybridized carbons (Fsp3) is 0.448. The quantitative estimate of drug-likeness (QED) is 0.369. The minimum absolute atomic E-state index is 0.0901. The molecule has 3 aliphatic heterocycles. The summed E-state index contributed by atoms with van der Waals surface area (Å²) in [6.07, 6.45) is 3.68. The van der Waals surface area contributed by atoms with Crippen molar-refractivity contribution in [2.24, 2.45) is 0 Å². The van der Waals surface area contributed by atoms with Crippen molar-refractivity contribution in [1.82, 2.24) is 24.8 Å². The highest BCUT2D eigenvalue weighted by atomic mass is 32.1. The first-order chi connectivity index (χ1) is 20.4. The summed E-state index contributed by atoms with van der Waals surface area (Å²) in [4.78, 5) is 20.7. The second-order valence-electron chi connectivity index (χ2n) is 11.2. The molecular formula is C29H30F2N8O2S. The van der Waals surface area contributed by atoms with Gasteiger partial charge in [0.15, 0.2) is 11.6 Å². The van der Waals surface area contributed by atoms with E-state index in [1.165, 1.54) is 0 Å². The second kappa shape index (κ2) is 10.6. The van der Waals surface area contributed by atoms with E-state index in [4.69, 9.17) is 20.2 Å². The minimum Gasteiger partial charge on any atom is -0.389 e. The summed E-state index contributed by atoms with van der Waals surface area (Å²) in [6.45, 7) is 5.52. The third kappa shape index (κ3) is 4.28. The van der Waals surface area contributed by atoms with Crippen LogP contribution in [0.5, 0.6) is 0 Å². The number of likely N-dealkylation sites (N-methyl/N-ethyl adjacent to an activating group) is 1. The van der Waals surface area contributed by atoms with Gasteiger partial charge in [-0.05, 0) is 24.6 Å². The highest BCUT2D eigenvalue weighted by Gasteiger charge is 2.35. The molecule has 42 heavy (non-hydrogen) atoms. The van der Waals surface area contributed by atoms with Crippen LogP contribution in [0, 0.1) is 23.0 Å². The predicted molar refractivity (Wildman–Crippen MR) is 156 cm³/mol. The van der Waals surface area contributed by atoms with Gasteiger partial charge in [0.25, 0.3) is 0 Å². The Balaban J connectivity index is 1.28. The molecule has 6 heterocycles. The lowest BCUT2D eigenvalue weighted by atomic mass is 9.94. The Morgan fingerprint density at radius 2 is 2.00 bits per heavy atom. The number of nitrogens with zero attached hydrogens (tertiary/aromatic N) is 7. The Morgan fingerprint density at radius 3 is 2.81 bits per heavy atom. The van der Waals surface area contributed by atoms with Crippen molar-refractivity contribution in [2.45, 2.75) is 31.7 Å². The first kappa shape index (κ1) is 27.3. The number of fused-ring (bicyclic) bond motifs is 4. The van der Waals surface area contributed by atoms with E-state index in [1.54, 1.807) is 13.3 Å². The molecule has 0 radical (unpaired) electrons. The van der Waals surface area contributed by atoms with Crippen LogP contribution in [-0.2, 0) is 22.7 Å². The lowest BCUT2D eigenvalue weighted by Crippen LogP contribution is -2.56. The molecule has 4 aromatic rings. The Morgan fingerprint density at radius 1 is 1.17 bits per heavy atom. The molecule has 2 N–H and O–H groups in total. The number of halogens is 2. The summed E-state index contributed by atoms with van der Waals surface area (Å²) in [6, 6.07) is 2.74. The zero-order chi connectivity index (χ0) is 29.1. The first-order valence-electron chi connectivity index (χ1n) is 13.9. The van der Waals surface area contributed by atoms with Crippen LogP contribution in [0.1, 0.15) is 23.1 Å². The van der Waals surface area contributed by atoms with Gasteiger partial charge in [-0.15, -0.1) is 11.3 Å². The number of ether oxygens (including phenoxy) is 2. The van der Waals surface area contributed by atoms with Crippen LogP contribution in [0.2, 0.25) is 0 Å². The summed E-state index contributed by atoms with van der Waals surface area (Å²) < 4.78 is 42.7. The topological polar surface area (TPSA) is 117 Å². The molecule has 0 unspecified atom stereocenters. The Kier molecular flexibility index (Phi) is 6.91. The van der Waals surface area contributed by atoms with Crippen LogP contribution < -0.4 is 10.6 Å². The zero-order valence-corrected chi connectivity index (χ0v) is 24.2. The van der Waals surface area contributed by atoms with Crippen molar-refractivity contribution in [3.05, 3.63) is 40.7 Å². The van der Waals surface area contributed by atoms with Crippen molar-refractivity contribution in [3.63, 3.8) is 0 Å². The van der Waals surface area contributed by atoms with E-state index in [-0.39, 0.29) is 50.6 Å². The molecule has 13 heteroatoms. The SMILES string of the molecule is COC[C@@H]1CN([C@@H]2CCN(c3ncc4c5c(c(-c6ncc(F)c7sc(N)c(C#N)c67)c(F)c4n3)COC5)C2)CCN1C. The van der Waals surface area contributed by atoms with Crippen LogP contribution in [0.3, 0.4) is 0 Å². The normalized spacial score (nSPS) is 21.5. The number of nitrogen functional groups attached to an aromatic ring is 1. The summed E-state index contributed by atoms with van der Waals surface area (Å²) >= 11 is 0.956. The van der Waals surface area contributed by atoms with E-state index >= 15 is 4.39 Å². The number of aromatic nitrogens is 3. The minimum atomic E-state index is -0.608. The van der Waals surface area contributed by atoms with Crippen LogP contribution in [0.4, 0.5) is 19.7 Å². The number of anilines is 2. The molecule has 7 rings (SSSR count). The number of benzene rings is 1. The van der Waals surface area contributed by atoms with Gasteiger partial charge < -0.3 is 20.1 Å². The van der Waals surface area contributed by atoms with E-state index in [0.29, 0.717) is 35.6 Å². The van der Waals surface area contributed by atoms with E-state index in [1.807, 2.05) is 6.07 Å².